The van der Waals surface area contributed by atoms with E-state index in [1.165, 1.54) is 0 Å². The van der Waals surface area contributed by atoms with Gasteiger partial charge in [0.2, 0.25) is 0 Å². The zero-order chi connectivity index (χ0) is 14.6. The molecule has 3 unspecified atom stereocenters. The first kappa shape index (κ1) is 15.3. The number of methoxy groups -OCH3 is 1. The molecular formula is C15H20F3NO. The summed E-state index contributed by atoms with van der Waals surface area (Å²) >= 11 is 0. The summed E-state index contributed by atoms with van der Waals surface area (Å²) < 4.78 is 43.7. The van der Waals surface area contributed by atoms with Crippen LogP contribution < -0.4 is 5.32 Å². The van der Waals surface area contributed by atoms with Crippen LogP contribution in [0, 0.1) is 0 Å². The van der Waals surface area contributed by atoms with Crippen molar-refractivity contribution >= 4 is 0 Å². The summed E-state index contributed by atoms with van der Waals surface area (Å²) in [5, 5.41) is 3.14. The van der Waals surface area contributed by atoms with E-state index in [0.29, 0.717) is 5.56 Å². The van der Waals surface area contributed by atoms with Gasteiger partial charge in [-0.2, -0.15) is 13.2 Å². The second-order valence-corrected chi connectivity index (χ2v) is 5.26. The third-order valence-electron chi connectivity index (χ3n) is 3.81. The molecule has 1 aromatic carbocycles. The fourth-order valence-corrected chi connectivity index (χ4v) is 2.85. The molecule has 1 N–H and O–H groups in total. The molecule has 1 aliphatic rings. The fraction of sp³-hybridized carbons (Fsp3) is 0.600. The molecular weight excluding hydrogens is 267 g/mol. The molecule has 1 fully saturated rings. The summed E-state index contributed by atoms with van der Waals surface area (Å²) in [6, 6.07) is 8.10. The van der Waals surface area contributed by atoms with E-state index in [2.05, 4.69) is 5.32 Å². The Morgan fingerprint density at radius 2 is 1.95 bits per heavy atom. The number of alkyl halides is 3. The van der Waals surface area contributed by atoms with Crippen LogP contribution in [0.25, 0.3) is 0 Å². The molecule has 1 saturated carbocycles. The highest BCUT2D eigenvalue weighted by atomic mass is 19.4. The lowest BCUT2D eigenvalue weighted by Crippen LogP contribution is -2.40. The number of halogens is 3. The molecule has 1 aliphatic carbocycles. The number of benzene rings is 1. The monoisotopic (exact) mass is 287 g/mol. The van der Waals surface area contributed by atoms with Gasteiger partial charge < -0.3 is 10.1 Å². The van der Waals surface area contributed by atoms with Crippen molar-refractivity contribution in [1.82, 2.24) is 5.32 Å². The number of hydrogen-bond acceptors (Lipinski definition) is 2. The average molecular weight is 287 g/mol. The van der Waals surface area contributed by atoms with Gasteiger partial charge in [0.25, 0.3) is 0 Å². The van der Waals surface area contributed by atoms with Crippen molar-refractivity contribution in [2.24, 2.45) is 0 Å². The molecule has 2 rings (SSSR count). The van der Waals surface area contributed by atoms with Gasteiger partial charge in [-0.1, -0.05) is 30.3 Å². The van der Waals surface area contributed by atoms with E-state index in [1.807, 2.05) is 6.07 Å². The van der Waals surface area contributed by atoms with Gasteiger partial charge in [-0.05, 0) is 24.8 Å². The molecule has 3 atom stereocenters. The zero-order valence-corrected chi connectivity index (χ0v) is 11.5. The van der Waals surface area contributed by atoms with E-state index in [0.717, 1.165) is 19.3 Å². The van der Waals surface area contributed by atoms with Crippen LogP contribution in [0.1, 0.15) is 37.3 Å². The highest BCUT2D eigenvalue weighted by Crippen LogP contribution is 2.32. The Kier molecular flexibility index (Phi) is 5.05. The maximum atomic E-state index is 12.8. The van der Waals surface area contributed by atoms with Gasteiger partial charge in [0.05, 0.1) is 12.5 Å². The summed E-state index contributed by atoms with van der Waals surface area (Å²) in [6.45, 7) is 0. The van der Waals surface area contributed by atoms with E-state index in [9.17, 15) is 13.2 Å². The molecule has 0 spiro atoms. The van der Waals surface area contributed by atoms with Crippen LogP contribution in [-0.2, 0) is 4.74 Å². The van der Waals surface area contributed by atoms with Gasteiger partial charge in [-0.25, -0.2) is 0 Å². The molecule has 1 aromatic rings. The van der Waals surface area contributed by atoms with Gasteiger partial charge in [-0.3, -0.25) is 0 Å². The number of nitrogens with one attached hydrogen (secondary N) is 1. The lowest BCUT2D eigenvalue weighted by Gasteiger charge is -2.27. The maximum absolute atomic E-state index is 12.8. The molecule has 0 heterocycles. The zero-order valence-electron chi connectivity index (χ0n) is 11.5. The van der Waals surface area contributed by atoms with E-state index < -0.39 is 18.6 Å². The lowest BCUT2D eigenvalue weighted by atomic mass is 10.0. The van der Waals surface area contributed by atoms with E-state index in [-0.39, 0.29) is 12.1 Å². The van der Waals surface area contributed by atoms with Crippen molar-refractivity contribution in [2.75, 3.05) is 7.11 Å². The van der Waals surface area contributed by atoms with Crippen LogP contribution in [0.4, 0.5) is 13.2 Å². The summed E-state index contributed by atoms with van der Waals surface area (Å²) in [7, 11) is 1.62. The van der Waals surface area contributed by atoms with Crippen LogP contribution in [0.2, 0.25) is 0 Å². The third kappa shape index (κ3) is 4.21. The average Bonchev–Trinajstić information content (AvgIpc) is 2.85. The molecule has 0 bridgehead atoms. The van der Waals surface area contributed by atoms with Crippen LogP contribution in [0.5, 0.6) is 0 Å². The molecule has 112 valence electrons. The topological polar surface area (TPSA) is 21.3 Å². The Labute approximate surface area is 117 Å². The van der Waals surface area contributed by atoms with Crippen molar-refractivity contribution in [3.8, 4) is 0 Å². The van der Waals surface area contributed by atoms with Crippen LogP contribution in [0.15, 0.2) is 30.3 Å². The third-order valence-corrected chi connectivity index (χ3v) is 3.81. The minimum absolute atomic E-state index is 0.00689. The Bertz CT molecular complexity index is 407. The van der Waals surface area contributed by atoms with Crippen LogP contribution >= 0.6 is 0 Å². The van der Waals surface area contributed by atoms with Crippen molar-refractivity contribution in [1.29, 1.82) is 0 Å². The molecule has 2 nitrogen and oxygen atoms in total. The second-order valence-electron chi connectivity index (χ2n) is 5.26. The quantitative estimate of drug-likeness (QED) is 0.888. The van der Waals surface area contributed by atoms with Gasteiger partial charge in [-0.15, -0.1) is 0 Å². The molecule has 20 heavy (non-hydrogen) atoms. The van der Waals surface area contributed by atoms with Gasteiger partial charge in [0, 0.05) is 19.2 Å². The molecule has 0 aliphatic heterocycles. The second kappa shape index (κ2) is 6.59. The summed E-state index contributed by atoms with van der Waals surface area (Å²) in [5.74, 6) is 0. The Morgan fingerprint density at radius 3 is 2.55 bits per heavy atom. The largest absolute Gasteiger partial charge is 0.390 e. The van der Waals surface area contributed by atoms with Gasteiger partial charge >= 0.3 is 6.18 Å². The van der Waals surface area contributed by atoms with Gasteiger partial charge in [0.15, 0.2) is 0 Å². The molecule has 0 aromatic heterocycles. The molecule has 5 heteroatoms. The van der Waals surface area contributed by atoms with E-state index >= 15 is 0 Å². The van der Waals surface area contributed by atoms with Gasteiger partial charge in [0.1, 0.15) is 0 Å². The fourth-order valence-electron chi connectivity index (χ4n) is 2.85. The Morgan fingerprint density at radius 1 is 1.25 bits per heavy atom. The van der Waals surface area contributed by atoms with Crippen molar-refractivity contribution in [3.05, 3.63) is 35.9 Å². The van der Waals surface area contributed by atoms with Crippen LogP contribution in [-0.4, -0.2) is 25.4 Å². The highest BCUT2D eigenvalue weighted by Gasteiger charge is 2.36. The first-order valence-corrected chi connectivity index (χ1v) is 6.90. The van der Waals surface area contributed by atoms with Crippen LogP contribution in [0.3, 0.4) is 0 Å². The number of rotatable bonds is 5. The summed E-state index contributed by atoms with van der Waals surface area (Å²) in [4.78, 5) is 0. The normalized spacial score (nSPS) is 24.8. The minimum Gasteiger partial charge on any atom is -0.380 e. The van der Waals surface area contributed by atoms with Crippen molar-refractivity contribution < 1.29 is 17.9 Å². The Balaban J connectivity index is 2.10. The Hall–Kier alpha value is -1.07. The number of ether oxygens (including phenoxy) is 1. The summed E-state index contributed by atoms with van der Waals surface area (Å²) in [6.07, 6.45) is -2.28. The first-order valence-electron chi connectivity index (χ1n) is 6.90. The van der Waals surface area contributed by atoms with Crippen molar-refractivity contribution in [2.45, 2.75) is 50.0 Å². The van der Waals surface area contributed by atoms with E-state index in [1.54, 1.807) is 31.4 Å². The lowest BCUT2D eigenvalue weighted by molar-refractivity contribution is -0.141. The smallest absolute Gasteiger partial charge is 0.380 e. The maximum Gasteiger partial charge on any atom is 0.390 e. The van der Waals surface area contributed by atoms with E-state index in [4.69, 9.17) is 4.74 Å². The molecule has 0 amide bonds. The predicted octanol–water partition coefficient (Wildman–Crippen LogP) is 3.84. The van der Waals surface area contributed by atoms with Crippen molar-refractivity contribution in [3.63, 3.8) is 0 Å². The SMILES string of the molecule is COC1CCCC1NC(CC(F)(F)F)c1ccccc1. The minimum atomic E-state index is -4.19. The highest BCUT2D eigenvalue weighted by molar-refractivity contribution is 5.19. The summed E-state index contributed by atoms with van der Waals surface area (Å²) in [5.41, 5.74) is 0.673. The predicted molar refractivity (Wildman–Crippen MR) is 71.4 cm³/mol. The molecule has 0 saturated heterocycles. The number of hydrogen-bond donors (Lipinski definition) is 1. The first-order chi connectivity index (χ1) is 9.49. The molecule has 0 radical (unpaired) electrons. The standard InChI is InChI=1S/C15H20F3NO/c1-20-14-9-5-8-12(14)19-13(10-15(16,17)18)11-6-3-2-4-7-11/h2-4,6-7,12-14,19H,5,8-10H2,1H3.